The first-order chi connectivity index (χ1) is 17.9. The minimum absolute atomic E-state index is 0. The predicted molar refractivity (Wildman–Crippen MR) is 151 cm³/mol. The summed E-state index contributed by atoms with van der Waals surface area (Å²) in [6.45, 7) is 11.0. The minimum atomic E-state index is -1.24. The molecule has 1 radical (unpaired) electrons. The third kappa shape index (κ3) is 8.28. The third-order valence-corrected chi connectivity index (χ3v) is 8.39. The van der Waals surface area contributed by atoms with Crippen LogP contribution in [0.4, 0.5) is 0 Å². The summed E-state index contributed by atoms with van der Waals surface area (Å²) in [5.41, 5.74) is 4.64. The molecule has 4 nitrogen and oxygen atoms in total. The minimum Gasteiger partial charge on any atom is 0 e. The number of carboxylic acids is 1. The molecule has 0 spiro atoms. The van der Waals surface area contributed by atoms with Gasteiger partial charge in [0, 0.05) is 24.9 Å². The number of aromatic nitrogens is 1. The van der Waals surface area contributed by atoms with Crippen LogP contribution >= 0.6 is 7.92 Å². The summed E-state index contributed by atoms with van der Waals surface area (Å²) >= 11 is 0. The molecule has 193 valence electrons. The molecule has 5 rings (SSSR count). The molecule has 0 unspecified atom stereocenters. The smallest absolute Gasteiger partial charge is 0 e. The molecule has 0 bridgehead atoms. The predicted octanol–water partition coefficient (Wildman–Crippen LogP) is 4.66. The van der Waals surface area contributed by atoms with E-state index in [-0.39, 0.29) is 25.2 Å². The molecule has 0 saturated heterocycles. The molecule has 0 aliphatic heterocycles. The Bertz CT molecular complexity index is 1430. The number of rotatable bonds is 4. The van der Waals surface area contributed by atoms with Gasteiger partial charge in [-0.05, 0) is 86.0 Å². The molecule has 6 heteroatoms. The molecule has 38 heavy (non-hydrogen) atoms. The zero-order valence-electron chi connectivity index (χ0n) is 21.4. The second kappa shape index (κ2) is 15.1. The monoisotopic (exact) mass is 608 g/mol. The standard InChI is InChI=1S/C21H21P.C10H7NO2.CO.Rh/c1-16-7-4-10-19(13-16)22(20-11-5-8-17(2)14-20)21-12-6-9-18(3)15-21;12-10(13)9-6-5-7-3-1-2-4-8(7)11-9;1-2;/h4-15H,1-3H3;1-6H,(H,12,13);;. The Morgan fingerprint density at radius 2 is 1.13 bits per heavy atom. The van der Waals surface area contributed by atoms with Gasteiger partial charge in [-0.25, -0.2) is 4.98 Å². The summed E-state index contributed by atoms with van der Waals surface area (Å²) in [6.07, 6.45) is 0. The number of nitrogens with zero attached hydrogens (tertiary/aromatic N) is 1. The second-order valence-corrected chi connectivity index (χ2v) is 11.1. The largest absolute Gasteiger partial charge is 0 e. The number of hydrogen-bond acceptors (Lipinski definition) is 3. The Balaban J connectivity index is 0.000000271. The van der Waals surface area contributed by atoms with E-state index in [4.69, 9.17) is 4.65 Å². The van der Waals surface area contributed by atoms with Crippen molar-refractivity contribution in [2.45, 2.75) is 20.8 Å². The topological polar surface area (TPSA) is 72.9 Å². The van der Waals surface area contributed by atoms with E-state index in [1.165, 1.54) is 38.7 Å². The Morgan fingerprint density at radius 1 is 0.684 bits per heavy atom. The van der Waals surface area contributed by atoms with Gasteiger partial charge in [0.2, 0.25) is 0 Å². The zero-order valence-corrected chi connectivity index (χ0v) is 24.0. The number of benzene rings is 4. The number of carboxylic acid groups (broad SMARTS) is 1. The average Bonchev–Trinajstić information content (AvgIpc) is 2.90. The number of carbonyl (C=O) groups is 1. The van der Waals surface area contributed by atoms with Crippen molar-refractivity contribution in [1.29, 1.82) is 0 Å². The van der Waals surface area contributed by atoms with Gasteiger partial charge in [0.25, 0.3) is 0 Å². The summed E-state index contributed by atoms with van der Waals surface area (Å²) < 4.78 is 7.50. The van der Waals surface area contributed by atoms with E-state index in [0.717, 1.165) is 5.39 Å². The van der Waals surface area contributed by atoms with Gasteiger partial charge in [-0.15, -0.1) is 0 Å². The Morgan fingerprint density at radius 3 is 1.55 bits per heavy atom. The van der Waals surface area contributed by atoms with Gasteiger partial charge in [0.1, 0.15) is 15.9 Å². The van der Waals surface area contributed by atoms with Crippen LogP contribution in [0.1, 0.15) is 27.2 Å². The van der Waals surface area contributed by atoms with Crippen molar-refractivity contribution in [1.82, 2.24) is 4.98 Å². The number of aromatic carboxylic acids is 1. The molecule has 0 N–H and O–H groups in total. The van der Waals surface area contributed by atoms with Crippen molar-refractivity contribution >= 4 is 40.7 Å². The van der Waals surface area contributed by atoms with E-state index in [0.29, 0.717) is 5.52 Å². The number of hydrogen-bond donors (Lipinski definition) is 0. The molecule has 5 aromatic rings. The molecule has 0 atom stereocenters. The van der Waals surface area contributed by atoms with Crippen molar-refractivity contribution < 1.29 is 34.0 Å². The fourth-order valence-corrected chi connectivity index (χ4v) is 6.99. The van der Waals surface area contributed by atoms with E-state index in [2.05, 4.69) is 105 Å². The molecule has 0 amide bonds. The van der Waals surface area contributed by atoms with Crippen molar-refractivity contribution in [2.24, 2.45) is 0 Å². The Hall–Kier alpha value is -3.45. The maximum Gasteiger partial charge on any atom is 0 e. The molecule has 4 aromatic carbocycles. The van der Waals surface area contributed by atoms with Crippen LogP contribution in [0.5, 0.6) is 0 Å². The molecular weight excluding hydrogens is 580 g/mol. The average molecular weight is 608 g/mol. The van der Waals surface area contributed by atoms with Gasteiger partial charge >= 0.3 is 11.3 Å². The summed E-state index contributed by atoms with van der Waals surface area (Å²) in [5.74, 6) is -1.24. The summed E-state index contributed by atoms with van der Waals surface area (Å²) in [7, 11) is -0.944. The fraction of sp³-hybridized carbons (Fsp3) is 0.0938. The fourth-order valence-electron chi connectivity index (χ4n) is 4.08. The van der Waals surface area contributed by atoms with Crippen LogP contribution in [0.25, 0.3) is 10.9 Å². The molecule has 0 aliphatic rings. The SMILES string of the molecule is Cc1cccc([PH+](c2cccc(C)c2)c2cccc(C)c2)c1.O=C([O-])c1ccc2ccccc2n1.[C-]#[O+].[Rh]. The van der Waals surface area contributed by atoms with Crippen molar-refractivity contribution in [2.75, 3.05) is 0 Å². The molecule has 0 aliphatic carbocycles. The van der Waals surface area contributed by atoms with Crippen molar-refractivity contribution in [3.05, 3.63) is 138 Å². The Kier molecular flexibility index (Phi) is 12.2. The quantitative estimate of drug-likeness (QED) is 0.129. The number of aryl methyl sites for hydroxylation is 3. The maximum absolute atomic E-state index is 10.5. The van der Waals surface area contributed by atoms with Gasteiger partial charge in [-0.3, -0.25) is 0 Å². The first-order valence-corrected chi connectivity index (χ1v) is 13.3. The van der Waals surface area contributed by atoms with Gasteiger partial charge in [0.15, 0.2) is 0 Å². The van der Waals surface area contributed by atoms with E-state index < -0.39 is 13.9 Å². The van der Waals surface area contributed by atoms with Gasteiger partial charge in [-0.2, -0.15) is 0 Å². The van der Waals surface area contributed by atoms with Crippen LogP contribution < -0.4 is 21.0 Å². The van der Waals surface area contributed by atoms with Crippen LogP contribution in [0, 0.1) is 27.4 Å². The number of carbonyl (C=O) groups excluding carboxylic acids is 1. The van der Waals surface area contributed by atoms with Gasteiger partial charge < -0.3 is 9.90 Å². The summed E-state index contributed by atoms with van der Waals surface area (Å²) in [4.78, 5) is 14.4. The molecule has 1 aromatic heterocycles. The van der Waals surface area contributed by atoms with E-state index in [1.54, 1.807) is 12.1 Å². The molecular formula is C32H28NO3PRh. The number of para-hydroxylation sites is 1. The molecule has 0 fully saturated rings. The maximum atomic E-state index is 10.5. The Labute approximate surface area is 238 Å². The van der Waals surface area contributed by atoms with Crippen LogP contribution in [-0.4, -0.2) is 11.0 Å². The normalized spacial score (nSPS) is 9.84. The zero-order chi connectivity index (χ0) is 26.8. The van der Waals surface area contributed by atoms with Crippen LogP contribution in [0.3, 0.4) is 0 Å². The molecule has 1 heterocycles. The first-order valence-electron chi connectivity index (χ1n) is 11.8. The van der Waals surface area contributed by atoms with Crippen LogP contribution in [0.2, 0.25) is 0 Å². The third-order valence-electron chi connectivity index (χ3n) is 5.73. The van der Waals surface area contributed by atoms with Gasteiger partial charge in [-0.1, -0.05) is 60.7 Å². The number of fused-ring (bicyclic) bond motifs is 1. The van der Waals surface area contributed by atoms with E-state index in [9.17, 15) is 9.90 Å². The first kappa shape index (κ1) is 30.8. The number of pyridine rings is 1. The van der Waals surface area contributed by atoms with Crippen molar-refractivity contribution in [3.63, 3.8) is 0 Å². The van der Waals surface area contributed by atoms with E-state index >= 15 is 0 Å². The second-order valence-electron chi connectivity index (χ2n) is 8.66. The van der Waals surface area contributed by atoms with Crippen LogP contribution in [0.15, 0.2) is 109 Å². The van der Waals surface area contributed by atoms with E-state index in [1.807, 2.05) is 18.2 Å². The molecule has 0 saturated carbocycles. The van der Waals surface area contributed by atoms with Crippen LogP contribution in [-0.2, 0) is 24.1 Å². The van der Waals surface area contributed by atoms with Gasteiger partial charge in [0.05, 0.1) is 25.1 Å². The van der Waals surface area contributed by atoms with Crippen molar-refractivity contribution in [3.8, 4) is 0 Å². The summed E-state index contributed by atoms with van der Waals surface area (Å²) in [5, 5.41) is 15.8. The summed E-state index contributed by atoms with van der Waals surface area (Å²) in [6, 6.07) is 37.5.